The lowest BCUT2D eigenvalue weighted by Crippen LogP contribution is -2.14. The molecule has 0 aromatic rings. The van der Waals surface area contributed by atoms with Crippen molar-refractivity contribution < 1.29 is 14.3 Å². The fraction of sp³-hybridized carbons (Fsp3) is 0.900. The number of rotatable bonds is 6. The standard InChI is InChI=1S/C10H20O3/c1-8(2)13-9(3)6-5-7-10(11)12-4/h8-9H,5-7H2,1-4H3. The molecule has 1 unspecified atom stereocenters. The molecular formula is C10H20O3. The third-order valence-electron chi connectivity index (χ3n) is 1.72. The minimum Gasteiger partial charge on any atom is -0.469 e. The molecule has 0 aliphatic heterocycles. The summed E-state index contributed by atoms with van der Waals surface area (Å²) in [7, 11) is 1.41. The first-order valence-corrected chi connectivity index (χ1v) is 4.78. The van der Waals surface area contributed by atoms with E-state index in [1.54, 1.807) is 0 Å². The van der Waals surface area contributed by atoms with Crippen LogP contribution in [0, 0.1) is 0 Å². The molecule has 0 amide bonds. The summed E-state index contributed by atoms with van der Waals surface area (Å²) in [6.07, 6.45) is 2.72. The molecular weight excluding hydrogens is 168 g/mol. The molecule has 0 radical (unpaired) electrons. The van der Waals surface area contributed by atoms with E-state index in [1.165, 1.54) is 7.11 Å². The van der Waals surface area contributed by atoms with Crippen molar-refractivity contribution in [3.63, 3.8) is 0 Å². The van der Waals surface area contributed by atoms with E-state index < -0.39 is 0 Å². The van der Waals surface area contributed by atoms with Crippen LogP contribution >= 0.6 is 0 Å². The van der Waals surface area contributed by atoms with E-state index in [9.17, 15) is 4.79 Å². The van der Waals surface area contributed by atoms with Crippen LogP contribution in [-0.2, 0) is 14.3 Å². The lowest BCUT2D eigenvalue weighted by molar-refractivity contribution is -0.140. The highest BCUT2D eigenvalue weighted by Crippen LogP contribution is 2.07. The molecule has 0 saturated heterocycles. The Labute approximate surface area is 80.4 Å². The molecule has 0 rings (SSSR count). The van der Waals surface area contributed by atoms with Crippen LogP contribution in [0.4, 0.5) is 0 Å². The summed E-state index contributed by atoms with van der Waals surface area (Å²) in [5, 5.41) is 0. The van der Waals surface area contributed by atoms with Gasteiger partial charge in [-0.25, -0.2) is 0 Å². The molecule has 0 fully saturated rings. The van der Waals surface area contributed by atoms with Crippen LogP contribution in [0.25, 0.3) is 0 Å². The smallest absolute Gasteiger partial charge is 0.305 e. The molecule has 13 heavy (non-hydrogen) atoms. The highest BCUT2D eigenvalue weighted by Gasteiger charge is 2.06. The Morgan fingerprint density at radius 1 is 1.31 bits per heavy atom. The van der Waals surface area contributed by atoms with E-state index in [-0.39, 0.29) is 18.2 Å². The highest BCUT2D eigenvalue weighted by atomic mass is 16.5. The second-order valence-electron chi connectivity index (χ2n) is 3.46. The molecule has 0 N–H and O–H groups in total. The average molecular weight is 188 g/mol. The van der Waals surface area contributed by atoms with E-state index >= 15 is 0 Å². The van der Waals surface area contributed by atoms with Crippen LogP contribution in [0.1, 0.15) is 40.0 Å². The minimum atomic E-state index is -0.142. The Kier molecular flexibility index (Phi) is 6.59. The number of methoxy groups -OCH3 is 1. The van der Waals surface area contributed by atoms with Gasteiger partial charge in [-0.1, -0.05) is 0 Å². The fourth-order valence-electron chi connectivity index (χ4n) is 1.17. The lowest BCUT2D eigenvalue weighted by Gasteiger charge is -2.15. The van der Waals surface area contributed by atoms with Crippen molar-refractivity contribution in [2.24, 2.45) is 0 Å². The SMILES string of the molecule is COC(=O)CCCC(C)OC(C)C. The number of ether oxygens (including phenoxy) is 2. The Bertz CT molecular complexity index is 143. The summed E-state index contributed by atoms with van der Waals surface area (Å²) in [5.41, 5.74) is 0. The average Bonchev–Trinajstić information content (AvgIpc) is 2.02. The zero-order valence-electron chi connectivity index (χ0n) is 9.00. The van der Waals surface area contributed by atoms with Crippen molar-refractivity contribution in [2.45, 2.75) is 52.2 Å². The normalized spacial score (nSPS) is 13.0. The van der Waals surface area contributed by atoms with Crippen molar-refractivity contribution in [2.75, 3.05) is 7.11 Å². The quantitative estimate of drug-likeness (QED) is 0.599. The molecule has 0 heterocycles. The first-order valence-electron chi connectivity index (χ1n) is 4.78. The van der Waals surface area contributed by atoms with E-state index in [0.717, 1.165) is 12.8 Å². The molecule has 0 aromatic carbocycles. The summed E-state index contributed by atoms with van der Waals surface area (Å²) in [5.74, 6) is -0.142. The van der Waals surface area contributed by atoms with Crippen LogP contribution < -0.4 is 0 Å². The lowest BCUT2D eigenvalue weighted by atomic mass is 10.2. The second kappa shape index (κ2) is 6.89. The molecule has 0 aliphatic rings. The zero-order chi connectivity index (χ0) is 10.3. The largest absolute Gasteiger partial charge is 0.469 e. The zero-order valence-corrected chi connectivity index (χ0v) is 9.00. The third-order valence-corrected chi connectivity index (χ3v) is 1.72. The van der Waals surface area contributed by atoms with Gasteiger partial charge in [0.2, 0.25) is 0 Å². The van der Waals surface area contributed by atoms with E-state index in [4.69, 9.17) is 4.74 Å². The third kappa shape index (κ3) is 7.78. The predicted octanol–water partition coefficient (Wildman–Crippen LogP) is 2.14. The van der Waals surface area contributed by atoms with Crippen molar-refractivity contribution in [1.29, 1.82) is 0 Å². The molecule has 78 valence electrons. The van der Waals surface area contributed by atoms with Crippen LogP contribution in [0.15, 0.2) is 0 Å². The Morgan fingerprint density at radius 2 is 1.92 bits per heavy atom. The molecule has 0 aromatic heterocycles. The van der Waals surface area contributed by atoms with Gasteiger partial charge in [0, 0.05) is 6.42 Å². The first-order chi connectivity index (χ1) is 6.06. The summed E-state index contributed by atoms with van der Waals surface area (Å²) in [4.78, 5) is 10.8. The molecule has 3 heteroatoms. The topological polar surface area (TPSA) is 35.5 Å². The van der Waals surface area contributed by atoms with Gasteiger partial charge in [-0.15, -0.1) is 0 Å². The molecule has 0 bridgehead atoms. The number of carbonyl (C=O) groups excluding carboxylic acids is 1. The molecule has 1 atom stereocenters. The maximum Gasteiger partial charge on any atom is 0.305 e. The Hall–Kier alpha value is -0.570. The van der Waals surface area contributed by atoms with Crippen molar-refractivity contribution in [3.8, 4) is 0 Å². The number of carbonyl (C=O) groups is 1. The molecule has 3 nitrogen and oxygen atoms in total. The molecule has 0 aliphatic carbocycles. The van der Waals surface area contributed by atoms with Gasteiger partial charge in [0.1, 0.15) is 0 Å². The van der Waals surface area contributed by atoms with Gasteiger partial charge in [-0.3, -0.25) is 4.79 Å². The van der Waals surface area contributed by atoms with Gasteiger partial charge >= 0.3 is 5.97 Å². The van der Waals surface area contributed by atoms with E-state index in [2.05, 4.69) is 4.74 Å². The first kappa shape index (κ1) is 12.4. The summed E-state index contributed by atoms with van der Waals surface area (Å²) >= 11 is 0. The maximum absolute atomic E-state index is 10.8. The van der Waals surface area contributed by atoms with Crippen LogP contribution in [0.5, 0.6) is 0 Å². The van der Waals surface area contributed by atoms with Gasteiger partial charge in [0.05, 0.1) is 19.3 Å². The number of hydrogen-bond donors (Lipinski definition) is 0. The Morgan fingerprint density at radius 3 is 2.38 bits per heavy atom. The highest BCUT2D eigenvalue weighted by molar-refractivity contribution is 5.68. The van der Waals surface area contributed by atoms with Crippen molar-refractivity contribution >= 4 is 5.97 Å². The molecule has 0 spiro atoms. The number of hydrogen-bond acceptors (Lipinski definition) is 3. The van der Waals surface area contributed by atoms with Crippen LogP contribution in [0.2, 0.25) is 0 Å². The number of esters is 1. The van der Waals surface area contributed by atoms with Gasteiger partial charge in [0.25, 0.3) is 0 Å². The monoisotopic (exact) mass is 188 g/mol. The predicted molar refractivity (Wildman–Crippen MR) is 51.6 cm³/mol. The summed E-state index contributed by atoms with van der Waals surface area (Å²) < 4.78 is 10.0. The van der Waals surface area contributed by atoms with Gasteiger partial charge in [-0.05, 0) is 33.6 Å². The van der Waals surface area contributed by atoms with Crippen molar-refractivity contribution in [1.82, 2.24) is 0 Å². The van der Waals surface area contributed by atoms with Gasteiger partial charge < -0.3 is 9.47 Å². The molecule has 0 saturated carbocycles. The van der Waals surface area contributed by atoms with Crippen molar-refractivity contribution in [3.05, 3.63) is 0 Å². The second-order valence-corrected chi connectivity index (χ2v) is 3.46. The van der Waals surface area contributed by atoms with Crippen LogP contribution in [-0.4, -0.2) is 25.3 Å². The van der Waals surface area contributed by atoms with Gasteiger partial charge in [-0.2, -0.15) is 0 Å². The fourth-order valence-corrected chi connectivity index (χ4v) is 1.17. The Balaban J connectivity index is 3.36. The minimum absolute atomic E-state index is 0.142. The van der Waals surface area contributed by atoms with Crippen LogP contribution in [0.3, 0.4) is 0 Å². The summed E-state index contributed by atoms with van der Waals surface area (Å²) in [6.45, 7) is 6.05. The van der Waals surface area contributed by atoms with E-state index in [1.807, 2.05) is 20.8 Å². The van der Waals surface area contributed by atoms with E-state index in [0.29, 0.717) is 6.42 Å². The van der Waals surface area contributed by atoms with Gasteiger partial charge in [0.15, 0.2) is 0 Å². The maximum atomic E-state index is 10.8. The summed E-state index contributed by atoms with van der Waals surface area (Å²) in [6, 6.07) is 0.